The average Bonchev–Trinajstić information content (AvgIpc) is 3.74. The number of rotatable bonds is 6. The van der Waals surface area contributed by atoms with Gasteiger partial charge >= 0.3 is 0 Å². The molecule has 6 aromatic rings. The minimum absolute atomic E-state index is 0.282. The quantitative estimate of drug-likeness (QED) is 0.202. The molecule has 0 spiro atoms. The summed E-state index contributed by atoms with van der Waals surface area (Å²) in [6, 6.07) is 25.9. The summed E-state index contributed by atoms with van der Waals surface area (Å²) >= 11 is 7.16. The molecule has 0 unspecified atom stereocenters. The van der Waals surface area contributed by atoms with Crippen molar-refractivity contribution in [3.05, 3.63) is 101 Å². The van der Waals surface area contributed by atoms with Crippen LogP contribution in [0.2, 0.25) is 0 Å². The van der Waals surface area contributed by atoms with Gasteiger partial charge in [-0.3, -0.25) is 4.31 Å². The van der Waals surface area contributed by atoms with E-state index in [1.807, 2.05) is 42.6 Å². The molecule has 1 saturated heterocycles. The number of hydrogen-bond donors (Lipinski definition) is 1. The van der Waals surface area contributed by atoms with Crippen LogP contribution in [0.4, 0.5) is 5.69 Å². The van der Waals surface area contributed by atoms with Crippen molar-refractivity contribution in [1.82, 2.24) is 14.9 Å². The maximum absolute atomic E-state index is 13.3. The van der Waals surface area contributed by atoms with Crippen LogP contribution in [0.5, 0.6) is 0 Å². The van der Waals surface area contributed by atoms with Gasteiger partial charge in [-0.2, -0.15) is 11.3 Å². The van der Waals surface area contributed by atoms with E-state index in [0.717, 1.165) is 67.8 Å². The molecule has 7 nitrogen and oxygen atoms in total. The normalized spacial score (nSPS) is 13.9. The molecule has 1 N–H and O–H groups in total. The number of nitrogens with one attached hydrogen (secondary N) is 1. The lowest BCUT2D eigenvalue weighted by molar-refractivity contribution is 0.0693. The second kappa shape index (κ2) is 11.2. The SMILES string of the molecule is CN(c1ccc2[nH]c3ncc(-c4ccc(C(=S)N5CCOCC5)cc4)c(-c4ccccc4)c3c2c1)S(=O)(=O)c1ccsc1. The van der Waals surface area contributed by atoms with Gasteiger partial charge in [-0.15, -0.1) is 0 Å². The Morgan fingerprint density at radius 2 is 1.77 bits per heavy atom. The number of thiocarbonyl (C=S) groups is 1. The van der Waals surface area contributed by atoms with Crippen molar-refractivity contribution in [3.63, 3.8) is 0 Å². The minimum Gasteiger partial charge on any atom is -0.378 e. The van der Waals surface area contributed by atoms with Crippen LogP contribution in [0.3, 0.4) is 0 Å². The number of sulfonamides is 1. The highest BCUT2D eigenvalue weighted by Gasteiger charge is 2.24. The Bertz CT molecular complexity index is 2050. The largest absolute Gasteiger partial charge is 0.378 e. The molecule has 4 heterocycles. The van der Waals surface area contributed by atoms with Crippen molar-refractivity contribution in [2.24, 2.45) is 0 Å². The van der Waals surface area contributed by atoms with Crippen LogP contribution in [0, 0.1) is 0 Å². The lowest BCUT2D eigenvalue weighted by Crippen LogP contribution is -2.40. The maximum Gasteiger partial charge on any atom is 0.264 e. The van der Waals surface area contributed by atoms with Crippen LogP contribution in [-0.2, 0) is 14.8 Å². The van der Waals surface area contributed by atoms with Gasteiger partial charge in [0.2, 0.25) is 0 Å². The van der Waals surface area contributed by atoms with Crippen LogP contribution < -0.4 is 4.31 Å². The number of benzene rings is 3. The molecule has 3 aromatic carbocycles. The van der Waals surface area contributed by atoms with Gasteiger partial charge in [-0.05, 0) is 40.8 Å². The van der Waals surface area contributed by atoms with Gasteiger partial charge in [0.15, 0.2) is 0 Å². The van der Waals surface area contributed by atoms with Crippen LogP contribution in [0.1, 0.15) is 5.56 Å². The third-order valence-corrected chi connectivity index (χ3v) is 11.0. The van der Waals surface area contributed by atoms with Gasteiger partial charge in [0.05, 0.1) is 23.8 Å². The summed E-state index contributed by atoms with van der Waals surface area (Å²) in [6.07, 6.45) is 1.91. The first-order valence-electron chi connectivity index (χ1n) is 13.9. The van der Waals surface area contributed by atoms with E-state index in [1.165, 1.54) is 15.6 Å². The van der Waals surface area contributed by atoms with Gasteiger partial charge in [-0.1, -0.05) is 66.8 Å². The van der Waals surface area contributed by atoms with Crippen molar-refractivity contribution >= 4 is 66.2 Å². The monoisotopic (exact) mass is 624 g/mol. The van der Waals surface area contributed by atoms with Crippen LogP contribution >= 0.6 is 23.6 Å². The van der Waals surface area contributed by atoms with E-state index < -0.39 is 10.0 Å². The van der Waals surface area contributed by atoms with Gasteiger partial charge in [-0.25, -0.2) is 13.4 Å². The molecule has 0 saturated carbocycles. The van der Waals surface area contributed by atoms with Crippen LogP contribution in [0.15, 0.2) is 101 Å². The van der Waals surface area contributed by atoms with Crippen LogP contribution in [-0.4, -0.2) is 61.6 Å². The molecule has 10 heteroatoms. The Morgan fingerprint density at radius 3 is 2.49 bits per heavy atom. The zero-order valence-corrected chi connectivity index (χ0v) is 25.8. The van der Waals surface area contributed by atoms with Gasteiger partial charge in [0, 0.05) is 64.7 Å². The fraction of sp³-hybridized carbons (Fsp3) is 0.152. The Kier molecular flexibility index (Phi) is 7.22. The topological polar surface area (TPSA) is 78.5 Å². The number of fused-ring (bicyclic) bond motifs is 3. The molecule has 7 rings (SSSR count). The molecule has 0 radical (unpaired) electrons. The highest BCUT2D eigenvalue weighted by Crippen LogP contribution is 2.41. The summed E-state index contributed by atoms with van der Waals surface area (Å²) in [6.45, 7) is 2.97. The molecule has 3 aromatic heterocycles. The highest BCUT2D eigenvalue weighted by atomic mass is 32.2. The number of H-pyrrole nitrogens is 1. The first-order valence-corrected chi connectivity index (χ1v) is 16.7. The molecule has 0 atom stereocenters. The Morgan fingerprint density at radius 1 is 1.00 bits per heavy atom. The predicted molar refractivity (Wildman–Crippen MR) is 178 cm³/mol. The lowest BCUT2D eigenvalue weighted by atomic mass is 9.92. The van der Waals surface area contributed by atoms with Gasteiger partial charge < -0.3 is 14.6 Å². The average molecular weight is 625 g/mol. The first-order chi connectivity index (χ1) is 20.9. The number of hydrogen-bond acceptors (Lipinski definition) is 6. The number of aromatic nitrogens is 2. The zero-order valence-electron chi connectivity index (χ0n) is 23.4. The van der Waals surface area contributed by atoms with Gasteiger partial charge in [0.1, 0.15) is 10.6 Å². The van der Waals surface area contributed by atoms with E-state index >= 15 is 0 Å². The summed E-state index contributed by atoms with van der Waals surface area (Å²) in [5.74, 6) is 0. The first kappa shape index (κ1) is 27.7. The molecule has 216 valence electrons. The number of nitrogens with zero attached hydrogens (tertiary/aromatic N) is 3. The molecular weight excluding hydrogens is 597 g/mol. The summed E-state index contributed by atoms with van der Waals surface area (Å²) in [5.41, 5.74) is 7.27. The van der Waals surface area contributed by atoms with E-state index in [4.69, 9.17) is 21.9 Å². The summed E-state index contributed by atoms with van der Waals surface area (Å²) < 4.78 is 33.5. The van der Waals surface area contributed by atoms with E-state index in [9.17, 15) is 8.42 Å². The summed E-state index contributed by atoms with van der Waals surface area (Å²) in [4.78, 5) is 11.6. The summed E-state index contributed by atoms with van der Waals surface area (Å²) in [5, 5.41) is 5.26. The molecule has 1 fully saturated rings. The van der Waals surface area contributed by atoms with E-state index in [2.05, 4.69) is 46.3 Å². The Hall–Kier alpha value is -4.09. The number of aromatic amines is 1. The number of morpholine rings is 1. The van der Waals surface area contributed by atoms with Crippen molar-refractivity contribution in [2.75, 3.05) is 37.7 Å². The Balaban J connectivity index is 1.37. The van der Waals surface area contributed by atoms with E-state index in [-0.39, 0.29) is 4.90 Å². The molecule has 0 amide bonds. The number of ether oxygens (including phenoxy) is 1. The van der Waals surface area contributed by atoms with Crippen LogP contribution in [0.25, 0.3) is 44.2 Å². The number of pyridine rings is 1. The standard InChI is InChI=1S/C33H28N4O3S3/c1-36(43(38,39)26-13-18-42-21-26)25-11-12-29-27(19-25)31-30(23-5-3-2-4-6-23)28(20-34-32(31)35-29)22-7-9-24(10-8-22)33(41)37-14-16-40-17-15-37/h2-13,18-21H,14-17H2,1H3,(H,34,35). The third kappa shape index (κ3) is 5.00. The fourth-order valence-corrected chi connectivity index (χ4v) is 8.12. The highest BCUT2D eigenvalue weighted by molar-refractivity contribution is 7.93. The molecule has 0 aliphatic carbocycles. The Labute approximate surface area is 259 Å². The van der Waals surface area contributed by atoms with Gasteiger partial charge in [0.25, 0.3) is 10.0 Å². The molecule has 1 aliphatic heterocycles. The molecule has 0 bridgehead atoms. The van der Waals surface area contributed by atoms with Crippen molar-refractivity contribution in [1.29, 1.82) is 0 Å². The fourth-order valence-electron chi connectivity index (χ4n) is 5.60. The van der Waals surface area contributed by atoms with E-state index in [1.54, 1.807) is 23.9 Å². The van der Waals surface area contributed by atoms with Crippen molar-refractivity contribution in [3.8, 4) is 22.3 Å². The second-order valence-corrected chi connectivity index (χ2v) is 13.5. The minimum atomic E-state index is -3.69. The summed E-state index contributed by atoms with van der Waals surface area (Å²) in [7, 11) is -2.10. The number of anilines is 1. The lowest BCUT2D eigenvalue weighted by Gasteiger charge is -2.29. The number of thiophene rings is 1. The second-order valence-electron chi connectivity index (χ2n) is 10.4. The van der Waals surface area contributed by atoms with E-state index in [0.29, 0.717) is 18.9 Å². The molecule has 1 aliphatic rings. The smallest absolute Gasteiger partial charge is 0.264 e. The predicted octanol–water partition coefficient (Wildman–Crippen LogP) is 6.94. The van der Waals surface area contributed by atoms with Crippen molar-refractivity contribution in [2.45, 2.75) is 4.90 Å². The maximum atomic E-state index is 13.3. The molecule has 43 heavy (non-hydrogen) atoms. The third-order valence-electron chi connectivity index (χ3n) is 7.93. The zero-order chi connectivity index (χ0) is 29.6. The molecular formula is C33H28N4O3S3. The van der Waals surface area contributed by atoms with Crippen molar-refractivity contribution < 1.29 is 13.2 Å².